The lowest BCUT2D eigenvalue weighted by atomic mass is 10.2. The molecule has 0 aromatic heterocycles. The van der Waals surface area contributed by atoms with Gasteiger partial charge in [-0.1, -0.05) is 29.3 Å². The average Bonchev–Trinajstić information content (AvgIpc) is 2.57. The van der Waals surface area contributed by atoms with Crippen LogP contribution in [0.4, 0.5) is 0 Å². The topological polar surface area (TPSA) is 59.9 Å². The van der Waals surface area contributed by atoms with Crippen LogP contribution in [0.3, 0.4) is 0 Å². The Kier molecular flexibility index (Phi) is 6.67. The van der Waals surface area contributed by atoms with Crippen LogP contribution in [0.5, 0.6) is 11.5 Å². The number of carbonyl (C=O) groups is 1. The molecule has 25 heavy (non-hydrogen) atoms. The second-order valence-electron chi connectivity index (χ2n) is 5.37. The standard InChI is InChI=1S/C18H18Cl2N2O3/c1-11(2)25-16-8-7-12(9-17(16)24-3)18(23)22-21-10-13-14(19)5-4-6-15(13)20/h4-11H,1-3H3,(H,22,23)/b21-10+. The van der Waals surface area contributed by atoms with Crippen molar-refractivity contribution in [3.63, 3.8) is 0 Å². The number of hydrogen-bond acceptors (Lipinski definition) is 4. The zero-order chi connectivity index (χ0) is 18.4. The third-order valence-electron chi connectivity index (χ3n) is 3.15. The number of halogens is 2. The number of rotatable bonds is 6. The van der Waals surface area contributed by atoms with Crippen molar-refractivity contribution in [1.82, 2.24) is 5.43 Å². The summed E-state index contributed by atoms with van der Waals surface area (Å²) in [6, 6.07) is 10.0. The molecule has 0 spiro atoms. The Hall–Kier alpha value is -2.24. The van der Waals surface area contributed by atoms with Crippen molar-refractivity contribution >= 4 is 35.3 Å². The van der Waals surface area contributed by atoms with Crippen LogP contribution < -0.4 is 14.9 Å². The van der Waals surface area contributed by atoms with Gasteiger partial charge in [-0.25, -0.2) is 5.43 Å². The molecule has 0 radical (unpaired) electrons. The number of nitrogens with one attached hydrogen (secondary N) is 1. The summed E-state index contributed by atoms with van der Waals surface area (Å²) in [7, 11) is 1.52. The third-order valence-corrected chi connectivity index (χ3v) is 3.81. The highest BCUT2D eigenvalue weighted by Crippen LogP contribution is 2.29. The number of ether oxygens (including phenoxy) is 2. The quantitative estimate of drug-likeness (QED) is 0.590. The fourth-order valence-electron chi connectivity index (χ4n) is 2.01. The van der Waals surface area contributed by atoms with Crippen LogP contribution in [0.15, 0.2) is 41.5 Å². The van der Waals surface area contributed by atoms with Gasteiger partial charge in [0.15, 0.2) is 11.5 Å². The van der Waals surface area contributed by atoms with Gasteiger partial charge in [0.2, 0.25) is 0 Å². The molecule has 7 heteroatoms. The van der Waals surface area contributed by atoms with Crippen LogP contribution >= 0.6 is 23.2 Å². The van der Waals surface area contributed by atoms with E-state index < -0.39 is 5.91 Å². The van der Waals surface area contributed by atoms with Crippen LogP contribution in [-0.2, 0) is 0 Å². The molecule has 0 aliphatic heterocycles. The normalized spacial score (nSPS) is 11.0. The summed E-state index contributed by atoms with van der Waals surface area (Å²) in [5.41, 5.74) is 3.35. The fraction of sp³-hybridized carbons (Fsp3) is 0.222. The molecule has 5 nitrogen and oxygen atoms in total. The summed E-state index contributed by atoms with van der Waals surface area (Å²) in [4.78, 5) is 12.2. The Morgan fingerprint density at radius 1 is 1.16 bits per heavy atom. The molecule has 0 heterocycles. The SMILES string of the molecule is COc1cc(C(=O)N/N=C/c2c(Cl)cccc2Cl)ccc1OC(C)C. The van der Waals surface area contributed by atoms with E-state index in [4.69, 9.17) is 32.7 Å². The van der Waals surface area contributed by atoms with Crippen molar-refractivity contribution < 1.29 is 14.3 Å². The average molecular weight is 381 g/mol. The molecule has 0 fully saturated rings. The molecule has 2 aromatic carbocycles. The van der Waals surface area contributed by atoms with E-state index in [0.717, 1.165) is 0 Å². The zero-order valence-corrected chi connectivity index (χ0v) is 15.6. The summed E-state index contributed by atoms with van der Waals surface area (Å²) in [6.07, 6.45) is 1.40. The summed E-state index contributed by atoms with van der Waals surface area (Å²) in [5.74, 6) is 0.647. The van der Waals surface area contributed by atoms with Gasteiger partial charge in [0.05, 0.1) is 29.5 Å². The number of benzene rings is 2. The molecule has 0 saturated carbocycles. The molecule has 0 aliphatic carbocycles. The lowest BCUT2D eigenvalue weighted by Crippen LogP contribution is -2.18. The van der Waals surface area contributed by atoms with Crippen molar-refractivity contribution in [3.8, 4) is 11.5 Å². The second-order valence-corrected chi connectivity index (χ2v) is 6.18. The smallest absolute Gasteiger partial charge is 0.271 e. The molecule has 0 aliphatic rings. The number of amides is 1. The lowest BCUT2D eigenvalue weighted by Gasteiger charge is -2.14. The first-order chi connectivity index (χ1) is 11.9. The van der Waals surface area contributed by atoms with Gasteiger partial charge in [-0.3, -0.25) is 4.79 Å². The van der Waals surface area contributed by atoms with Crippen LogP contribution in [0.2, 0.25) is 10.0 Å². The van der Waals surface area contributed by atoms with E-state index in [1.54, 1.807) is 36.4 Å². The van der Waals surface area contributed by atoms with Gasteiger partial charge in [-0.05, 0) is 44.2 Å². The van der Waals surface area contributed by atoms with Crippen molar-refractivity contribution in [3.05, 3.63) is 57.6 Å². The maximum absolute atomic E-state index is 12.2. The molecule has 2 aromatic rings. The van der Waals surface area contributed by atoms with E-state index in [2.05, 4.69) is 10.5 Å². The molecule has 0 bridgehead atoms. The van der Waals surface area contributed by atoms with E-state index in [9.17, 15) is 4.79 Å². The largest absolute Gasteiger partial charge is 0.493 e. The number of hydrazone groups is 1. The monoisotopic (exact) mass is 380 g/mol. The number of carbonyl (C=O) groups excluding carboxylic acids is 1. The Morgan fingerprint density at radius 3 is 2.44 bits per heavy atom. The summed E-state index contributed by atoms with van der Waals surface area (Å²) >= 11 is 12.1. The van der Waals surface area contributed by atoms with Gasteiger partial charge in [-0.2, -0.15) is 5.10 Å². The lowest BCUT2D eigenvalue weighted by molar-refractivity contribution is 0.0954. The van der Waals surface area contributed by atoms with Gasteiger partial charge < -0.3 is 9.47 Å². The Labute approximate surface area is 156 Å². The first-order valence-electron chi connectivity index (χ1n) is 7.54. The molecule has 0 atom stereocenters. The predicted molar refractivity (Wildman–Crippen MR) is 100 cm³/mol. The highest BCUT2D eigenvalue weighted by Gasteiger charge is 2.12. The molecule has 132 valence electrons. The van der Waals surface area contributed by atoms with Crippen molar-refractivity contribution in [2.45, 2.75) is 20.0 Å². The zero-order valence-electron chi connectivity index (χ0n) is 14.0. The number of methoxy groups -OCH3 is 1. The summed E-state index contributed by atoms with van der Waals surface area (Å²) in [5, 5.41) is 4.79. The Morgan fingerprint density at radius 2 is 1.84 bits per heavy atom. The fourth-order valence-corrected chi connectivity index (χ4v) is 2.51. The maximum atomic E-state index is 12.2. The summed E-state index contributed by atoms with van der Waals surface area (Å²) in [6.45, 7) is 3.82. The van der Waals surface area contributed by atoms with E-state index in [1.165, 1.54) is 13.3 Å². The van der Waals surface area contributed by atoms with E-state index in [0.29, 0.717) is 32.7 Å². The number of hydrogen-bond donors (Lipinski definition) is 1. The van der Waals surface area contributed by atoms with Crippen molar-refractivity contribution in [2.75, 3.05) is 7.11 Å². The molecule has 2 rings (SSSR count). The van der Waals surface area contributed by atoms with Crippen molar-refractivity contribution in [1.29, 1.82) is 0 Å². The Balaban J connectivity index is 2.12. The second kappa shape index (κ2) is 8.74. The molecule has 1 N–H and O–H groups in total. The highest BCUT2D eigenvalue weighted by molar-refractivity contribution is 6.38. The van der Waals surface area contributed by atoms with Gasteiger partial charge in [-0.15, -0.1) is 0 Å². The molecule has 1 amide bonds. The Bertz CT molecular complexity index is 772. The number of nitrogens with zero attached hydrogens (tertiary/aromatic N) is 1. The van der Waals surface area contributed by atoms with Gasteiger partial charge in [0.25, 0.3) is 5.91 Å². The molecular weight excluding hydrogens is 363 g/mol. The molecular formula is C18H18Cl2N2O3. The molecule has 0 unspecified atom stereocenters. The van der Waals surface area contributed by atoms with Crippen LogP contribution in [-0.4, -0.2) is 25.3 Å². The van der Waals surface area contributed by atoms with Gasteiger partial charge >= 0.3 is 0 Å². The van der Waals surface area contributed by atoms with Crippen molar-refractivity contribution in [2.24, 2.45) is 5.10 Å². The first kappa shape index (κ1) is 19.1. The first-order valence-corrected chi connectivity index (χ1v) is 8.30. The highest BCUT2D eigenvalue weighted by atomic mass is 35.5. The minimum atomic E-state index is -0.395. The van der Waals surface area contributed by atoms with Crippen LogP contribution in [0, 0.1) is 0 Å². The van der Waals surface area contributed by atoms with E-state index >= 15 is 0 Å². The van der Waals surface area contributed by atoms with Crippen LogP contribution in [0.1, 0.15) is 29.8 Å². The van der Waals surface area contributed by atoms with Crippen LogP contribution in [0.25, 0.3) is 0 Å². The van der Waals surface area contributed by atoms with E-state index in [-0.39, 0.29) is 6.10 Å². The summed E-state index contributed by atoms with van der Waals surface area (Å²) < 4.78 is 10.9. The molecule has 0 saturated heterocycles. The van der Waals surface area contributed by atoms with Gasteiger partial charge in [0, 0.05) is 11.1 Å². The third kappa shape index (κ3) is 5.11. The minimum Gasteiger partial charge on any atom is -0.493 e. The predicted octanol–water partition coefficient (Wildman–Crippen LogP) is 4.55. The minimum absolute atomic E-state index is 0.00135. The maximum Gasteiger partial charge on any atom is 0.271 e. The van der Waals surface area contributed by atoms with E-state index in [1.807, 2.05) is 13.8 Å². The van der Waals surface area contributed by atoms with Gasteiger partial charge in [0.1, 0.15) is 0 Å².